The van der Waals surface area contributed by atoms with Crippen LogP contribution in [0.3, 0.4) is 0 Å². The summed E-state index contributed by atoms with van der Waals surface area (Å²) >= 11 is 1.55. The summed E-state index contributed by atoms with van der Waals surface area (Å²) in [7, 11) is 0. The van der Waals surface area contributed by atoms with E-state index >= 15 is 0 Å². The van der Waals surface area contributed by atoms with Crippen LogP contribution in [0.5, 0.6) is 5.75 Å². The van der Waals surface area contributed by atoms with E-state index in [2.05, 4.69) is 10.3 Å². The summed E-state index contributed by atoms with van der Waals surface area (Å²) < 4.78 is 5.02. The van der Waals surface area contributed by atoms with Crippen LogP contribution in [-0.2, 0) is 22.4 Å². The van der Waals surface area contributed by atoms with Crippen LogP contribution in [0.2, 0.25) is 0 Å². The number of anilines is 1. The summed E-state index contributed by atoms with van der Waals surface area (Å²) in [5.74, 6) is -0.744. The van der Waals surface area contributed by atoms with Gasteiger partial charge in [0.25, 0.3) is 0 Å². The molecule has 0 saturated heterocycles. The Kier molecular flexibility index (Phi) is 5.48. The molecule has 1 aromatic carbocycles. The number of thiazole rings is 1. The number of nitrogens with zero attached hydrogens (tertiary/aromatic N) is 1. The molecule has 2 rings (SSSR count). The van der Waals surface area contributed by atoms with E-state index in [1.54, 1.807) is 35.6 Å². The first-order valence-corrected chi connectivity index (χ1v) is 7.62. The van der Waals surface area contributed by atoms with Gasteiger partial charge in [-0.25, -0.2) is 9.78 Å². The quantitative estimate of drug-likeness (QED) is 0.817. The molecule has 0 radical (unpaired) electrons. The zero-order valence-electron chi connectivity index (χ0n) is 12.0. The van der Waals surface area contributed by atoms with Gasteiger partial charge in [0.1, 0.15) is 5.75 Å². The number of nitrogens with one attached hydrogen (secondary N) is 1. The van der Waals surface area contributed by atoms with Gasteiger partial charge in [-0.15, -0.1) is 11.3 Å². The highest BCUT2D eigenvalue weighted by molar-refractivity contribution is 7.09. The fraction of sp³-hybridized carbons (Fsp3) is 0.267. The minimum atomic E-state index is -1.04. The Labute approximate surface area is 131 Å². The first-order chi connectivity index (χ1) is 10.6. The van der Waals surface area contributed by atoms with Crippen molar-refractivity contribution in [2.75, 3.05) is 11.9 Å². The number of benzene rings is 1. The molecular formula is C15H16N2O4S. The van der Waals surface area contributed by atoms with Crippen LogP contribution in [0.4, 0.5) is 5.69 Å². The van der Waals surface area contributed by atoms with Gasteiger partial charge >= 0.3 is 5.97 Å². The number of aryl methyl sites for hydroxylation is 1. The number of carboxylic acid groups (broad SMARTS) is 1. The Hall–Kier alpha value is -2.41. The lowest BCUT2D eigenvalue weighted by molar-refractivity contribution is -0.139. The molecule has 0 saturated carbocycles. The van der Waals surface area contributed by atoms with Gasteiger partial charge in [-0.3, -0.25) is 4.79 Å². The predicted octanol–water partition coefficient (Wildman–Crippen LogP) is 2.35. The van der Waals surface area contributed by atoms with Crippen molar-refractivity contribution in [1.29, 1.82) is 0 Å². The van der Waals surface area contributed by atoms with Crippen molar-refractivity contribution >= 4 is 28.9 Å². The monoisotopic (exact) mass is 320 g/mol. The zero-order valence-corrected chi connectivity index (χ0v) is 12.9. The normalized spacial score (nSPS) is 10.2. The second kappa shape index (κ2) is 7.56. The highest BCUT2D eigenvalue weighted by atomic mass is 32.1. The number of ether oxygens (including phenoxy) is 1. The average molecular weight is 320 g/mol. The molecular weight excluding hydrogens is 304 g/mol. The van der Waals surface area contributed by atoms with Crippen LogP contribution in [-0.4, -0.2) is 28.6 Å². The van der Waals surface area contributed by atoms with Crippen molar-refractivity contribution in [3.8, 4) is 5.75 Å². The average Bonchev–Trinajstić information content (AvgIpc) is 2.94. The van der Waals surface area contributed by atoms with E-state index in [4.69, 9.17) is 9.84 Å². The lowest BCUT2D eigenvalue weighted by atomic mass is 10.2. The van der Waals surface area contributed by atoms with Gasteiger partial charge in [-0.1, -0.05) is 6.92 Å². The minimum absolute atomic E-state index is 0.146. The number of carboxylic acids is 1. The second-order valence-corrected chi connectivity index (χ2v) is 5.46. The van der Waals surface area contributed by atoms with Crippen molar-refractivity contribution < 1.29 is 19.4 Å². The van der Waals surface area contributed by atoms with Gasteiger partial charge in [-0.05, 0) is 30.7 Å². The molecule has 0 fully saturated rings. The Balaban J connectivity index is 1.87. The summed E-state index contributed by atoms with van der Waals surface area (Å²) in [5, 5.41) is 14.2. The standard InChI is InChI=1S/C15H16N2O4S/c1-2-14-17-11(9-22-14)7-13(18)16-10-3-5-12(6-4-10)21-8-15(19)20/h3-6,9H,2,7-8H2,1H3,(H,16,18)(H,19,20). The van der Waals surface area contributed by atoms with Crippen molar-refractivity contribution in [3.63, 3.8) is 0 Å². The first-order valence-electron chi connectivity index (χ1n) is 6.74. The largest absolute Gasteiger partial charge is 0.482 e. The molecule has 0 atom stereocenters. The van der Waals surface area contributed by atoms with Crippen molar-refractivity contribution in [1.82, 2.24) is 4.98 Å². The van der Waals surface area contributed by atoms with E-state index in [0.29, 0.717) is 11.4 Å². The molecule has 0 aliphatic heterocycles. The third-order valence-corrected chi connectivity index (χ3v) is 3.79. The Morgan fingerprint density at radius 2 is 2.05 bits per heavy atom. The topological polar surface area (TPSA) is 88.5 Å². The lowest BCUT2D eigenvalue weighted by Crippen LogP contribution is -2.14. The number of amides is 1. The van der Waals surface area contributed by atoms with E-state index in [9.17, 15) is 9.59 Å². The summed E-state index contributed by atoms with van der Waals surface area (Å²) in [6.45, 7) is 1.63. The van der Waals surface area contributed by atoms with E-state index in [1.807, 2.05) is 12.3 Å². The van der Waals surface area contributed by atoms with Crippen molar-refractivity contribution in [2.24, 2.45) is 0 Å². The number of carbonyl (C=O) groups is 2. The van der Waals surface area contributed by atoms with Gasteiger partial charge < -0.3 is 15.2 Å². The molecule has 116 valence electrons. The van der Waals surface area contributed by atoms with Crippen LogP contribution in [0.1, 0.15) is 17.6 Å². The van der Waals surface area contributed by atoms with Crippen molar-refractivity contribution in [2.45, 2.75) is 19.8 Å². The maximum Gasteiger partial charge on any atom is 0.341 e. The van der Waals surface area contributed by atoms with Crippen molar-refractivity contribution in [3.05, 3.63) is 40.3 Å². The zero-order chi connectivity index (χ0) is 15.9. The van der Waals surface area contributed by atoms with Crippen LogP contribution in [0.15, 0.2) is 29.6 Å². The molecule has 7 heteroatoms. The van der Waals surface area contributed by atoms with Crippen LogP contribution in [0, 0.1) is 0 Å². The number of rotatable bonds is 7. The smallest absolute Gasteiger partial charge is 0.341 e. The highest BCUT2D eigenvalue weighted by Gasteiger charge is 2.08. The molecule has 1 amide bonds. The summed E-state index contributed by atoms with van der Waals surface area (Å²) in [4.78, 5) is 26.7. The van der Waals surface area contributed by atoms with Gasteiger partial charge in [0.2, 0.25) is 5.91 Å². The Bertz CT molecular complexity index is 652. The van der Waals surface area contributed by atoms with Gasteiger partial charge in [0.15, 0.2) is 6.61 Å². The molecule has 6 nitrogen and oxygen atoms in total. The lowest BCUT2D eigenvalue weighted by Gasteiger charge is -2.06. The van der Waals surface area contributed by atoms with E-state index in [1.165, 1.54) is 0 Å². The molecule has 0 spiro atoms. The molecule has 1 aromatic heterocycles. The fourth-order valence-corrected chi connectivity index (χ4v) is 2.49. The molecule has 22 heavy (non-hydrogen) atoms. The summed E-state index contributed by atoms with van der Waals surface area (Å²) in [6.07, 6.45) is 1.10. The molecule has 0 bridgehead atoms. The Morgan fingerprint density at radius 1 is 1.32 bits per heavy atom. The van der Waals surface area contributed by atoms with E-state index in [-0.39, 0.29) is 12.3 Å². The van der Waals surface area contributed by atoms with Crippen LogP contribution >= 0.6 is 11.3 Å². The molecule has 0 aliphatic carbocycles. The van der Waals surface area contributed by atoms with Gasteiger partial charge in [-0.2, -0.15) is 0 Å². The predicted molar refractivity (Wildman–Crippen MR) is 83.4 cm³/mol. The number of hydrogen-bond donors (Lipinski definition) is 2. The number of carbonyl (C=O) groups excluding carboxylic acids is 1. The van der Waals surface area contributed by atoms with E-state index in [0.717, 1.165) is 17.1 Å². The molecule has 2 N–H and O–H groups in total. The maximum atomic E-state index is 11.9. The van der Waals surface area contributed by atoms with Gasteiger partial charge in [0.05, 0.1) is 17.1 Å². The molecule has 0 aliphatic rings. The van der Waals surface area contributed by atoms with E-state index < -0.39 is 12.6 Å². The summed E-state index contributed by atoms with van der Waals surface area (Å²) in [6, 6.07) is 6.54. The maximum absolute atomic E-state index is 11.9. The van der Waals surface area contributed by atoms with Crippen LogP contribution < -0.4 is 10.1 Å². The molecule has 1 heterocycles. The highest BCUT2D eigenvalue weighted by Crippen LogP contribution is 2.16. The van der Waals surface area contributed by atoms with Gasteiger partial charge in [0, 0.05) is 11.1 Å². The third kappa shape index (κ3) is 4.85. The third-order valence-electron chi connectivity index (χ3n) is 2.74. The second-order valence-electron chi connectivity index (χ2n) is 4.52. The SMILES string of the molecule is CCc1nc(CC(=O)Nc2ccc(OCC(=O)O)cc2)cs1. The summed E-state index contributed by atoms with van der Waals surface area (Å²) in [5.41, 5.74) is 1.39. The molecule has 0 unspecified atom stereocenters. The minimum Gasteiger partial charge on any atom is -0.482 e. The number of aliphatic carboxylic acids is 1. The number of aromatic nitrogens is 1. The molecule has 2 aromatic rings. The fourth-order valence-electron chi connectivity index (χ4n) is 1.74. The Morgan fingerprint density at radius 3 is 2.64 bits per heavy atom. The first kappa shape index (κ1) is 16.0. The van der Waals surface area contributed by atoms with Crippen LogP contribution in [0.25, 0.3) is 0 Å². The number of hydrogen-bond acceptors (Lipinski definition) is 5.